The zero-order valence-corrected chi connectivity index (χ0v) is 19.3. The summed E-state index contributed by atoms with van der Waals surface area (Å²) in [7, 11) is 1.66. The smallest absolute Gasteiger partial charge is 0.266 e. The quantitative estimate of drug-likeness (QED) is 0.369. The SMILES string of the molecule is CCCN1C(=O)/C(=C\c2cn(-c3ccccc3)nc2-c2ccc(OC)cc2C)SC1=S. The lowest BCUT2D eigenvalue weighted by atomic mass is 10.0. The first-order chi connectivity index (χ1) is 15.0. The number of thioether (sulfide) groups is 1. The van der Waals surface area contributed by atoms with Gasteiger partial charge in [0.15, 0.2) is 0 Å². The molecule has 0 bridgehead atoms. The van der Waals surface area contributed by atoms with Gasteiger partial charge in [0.1, 0.15) is 15.8 Å². The standard InChI is InChI=1S/C24H23N3O2S2/c1-4-12-26-23(28)21(31-24(26)30)14-17-15-27(18-8-6-5-7-9-18)25-22(17)20-11-10-19(29-3)13-16(20)2/h5-11,13-15H,4,12H2,1-3H3/b21-14+. The van der Waals surface area contributed by atoms with Gasteiger partial charge in [0.25, 0.3) is 5.91 Å². The number of aryl methyl sites for hydroxylation is 1. The van der Waals surface area contributed by atoms with Crippen LogP contribution in [0.3, 0.4) is 0 Å². The summed E-state index contributed by atoms with van der Waals surface area (Å²) in [4.78, 5) is 15.2. The number of ether oxygens (including phenoxy) is 1. The first kappa shape index (κ1) is 21.3. The molecule has 1 saturated heterocycles. The van der Waals surface area contributed by atoms with Crippen LogP contribution in [-0.4, -0.2) is 38.6 Å². The summed E-state index contributed by atoms with van der Waals surface area (Å²) >= 11 is 6.77. The number of carbonyl (C=O) groups is 1. The minimum atomic E-state index is -0.0401. The van der Waals surface area contributed by atoms with Crippen LogP contribution < -0.4 is 4.74 Å². The van der Waals surface area contributed by atoms with Gasteiger partial charge < -0.3 is 4.74 Å². The molecule has 0 N–H and O–H groups in total. The summed E-state index contributed by atoms with van der Waals surface area (Å²) in [6.45, 7) is 4.70. The minimum absolute atomic E-state index is 0.0401. The maximum atomic E-state index is 12.9. The Balaban J connectivity index is 1.82. The van der Waals surface area contributed by atoms with Gasteiger partial charge in [-0.2, -0.15) is 5.10 Å². The highest BCUT2D eigenvalue weighted by Gasteiger charge is 2.31. The molecule has 2 heterocycles. The summed E-state index contributed by atoms with van der Waals surface area (Å²) in [5, 5.41) is 4.87. The molecule has 1 aliphatic rings. The summed E-state index contributed by atoms with van der Waals surface area (Å²) < 4.78 is 7.81. The van der Waals surface area contributed by atoms with E-state index < -0.39 is 0 Å². The molecule has 4 rings (SSSR count). The molecule has 0 atom stereocenters. The van der Waals surface area contributed by atoms with Crippen molar-refractivity contribution in [1.29, 1.82) is 0 Å². The molecule has 5 nitrogen and oxygen atoms in total. The van der Waals surface area contributed by atoms with Crippen molar-refractivity contribution in [1.82, 2.24) is 14.7 Å². The maximum absolute atomic E-state index is 12.9. The molecule has 7 heteroatoms. The van der Waals surface area contributed by atoms with Crippen LogP contribution in [0.4, 0.5) is 0 Å². The second kappa shape index (κ2) is 9.08. The number of thiocarbonyl (C=S) groups is 1. The van der Waals surface area contributed by atoms with Crippen LogP contribution in [0.1, 0.15) is 24.5 Å². The summed E-state index contributed by atoms with van der Waals surface area (Å²) in [5.74, 6) is 0.757. The van der Waals surface area contributed by atoms with Gasteiger partial charge in [0.2, 0.25) is 0 Å². The van der Waals surface area contributed by atoms with E-state index in [0.717, 1.165) is 40.2 Å². The highest BCUT2D eigenvalue weighted by atomic mass is 32.2. The Morgan fingerprint density at radius 2 is 1.97 bits per heavy atom. The van der Waals surface area contributed by atoms with Gasteiger partial charge >= 0.3 is 0 Å². The molecular formula is C24H23N3O2S2. The molecular weight excluding hydrogens is 426 g/mol. The first-order valence-corrected chi connectivity index (χ1v) is 11.3. The number of hydrogen-bond acceptors (Lipinski definition) is 5. The van der Waals surface area contributed by atoms with E-state index in [1.165, 1.54) is 11.8 Å². The van der Waals surface area contributed by atoms with Crippen LogP contribution in [0, 0.1) is 6.92 Å². The van der Waals surface area contributed by atoms with E-state index in [1.54, 1.807) is 12.0 Å². The Morgan fingerprint density at radius 3 is 2.65 bits per heavy atom. The predicted molar refractivity (Wildman–Crippen MR) is 130 cm³/mol. The molecule has 158 valence electrons. The Hall–Kier alpha value is -2.90. The Labute approximate surface area is 191 Å². The van der Waals surface area contributed by atoms with E-state index >= 15 is 0 Å². The Kier molecular flexibility index (Phi) is 6.25. The predicted octanol–water partition coefficient (Wildman–Crippen LogP) is 5.47. The molecule has 0 saturated carbocycles. The summed E-state index contributed by atoms with van der Waals surface area (Å²) in [6, 6.07) is 15.8. The number of aromatic nitrogens is 2. The number of carbonyl (C=O) groups excluding carboxylic acids is 1. The lowest BCUT2D eigenvalue weighted by Crippen LogP contribution is -2.28. The zero-order valence-electron chi connectivity index (χ0n) is 17.7. The molecule has 0 aliphatic carbocycles. The average molecular weight is 450 g/mol. The highest BCUT2D eigenvalue weighted by Crippen LogP contribution is 2.36. The first-order valence-electron chi connectivity index (χ1n) is 10.1. The topological polar surface area (TPSA) is 47.4 Å². The minimum Gasteiger partial charge on any atom is -0.497 e. The zero-order chi connectivity index (χ0) is 22.0. The second-order valence-corrected chi connectivity index (χ2v) is 8.90. The van der Waals surface area contributed by atoms with E-state index in [1.807, 2.05) is 79.3 Å². The monoisotopic (exact) mass is 449 g/mol. The number of nitrogens with zero attached hydrogens (tertiary/aromatic N) is 3. The molecule has 1 aromatic heterocycles. The van der Waals surface area contributed by atoms with Crippen LogP contribution in [0.25, 0.3) is 23.0 Å². The van der Waals surface area contributed by atoms with E-state index in [-0.39, 0.29) is 5.91 Å². The van der Waals surface area contributed by atoms with Gasteiger partial charge in [-0.25, -0.2) is 4.68 Å². The third-order valence-electron chi connectivity index (χ3n) is 5.06. The van der Waals surface area contributed by atoms with Crippen molar-refractivity contribution in [3.63, 3.8) is 0 Å². The number of amides is 1. The fraction of sp³-hybridized carbons (Fsp3) is 0.208. The van der Waals surface area contributed by atoms with Crippen molar-refractivity contribution < 1.29 is 9.53 Å². The number of rotatable bonds is 6. The molecule has 0 unspecified atom stereocenters. The van der Waals surface area contributed by atoms with Crippen molar-refractivity contribution in [2.24, 2.45) is 0 Å². The summed E-state index contributed by atoms with van der Waals surface area (Å²) in [5.41, 5.74) is 4.67. The normalized spacial score (nSPS) is 15.2. The van der Waals surface area contributed by atoms with E-state index in [4.69, 9.17) is 22.1 Å². The molecule has 0 spiro atoms. The Morgan fingerprint density at radius 1 is 1.19 bits per heavy atom. The van der Waals surface area contributed by atoms with Crippen LogP contribution in [0.15, 0.2) is 59.6 Å². The van der Waals surface area contributed by atoms with E-state index in [0.29, 0.717) is 15.8 Å². The lowest BCUT2D eigenvalue weighted by molar-refractivity contribution is -0.122. The number of para-hydroxylation sites is 1. The van der Waals surface area contributed by atoms with Gasteiger partial charge in [-0.3, -0.25) is 9.69 Å². The fourth-order valence-corrected chi connectivity index (χ4v) is 4.80. The third-order valence-corrected chi connectivity index (χ3v) is 6.44. The Bertz CT molecular complexity index is 1170. The molecule has 31 heavy (non-hydrogen) atoms. The van der Waals surface area contributed by atoms with Crippen molar-refractivity contribution in [2.45, 2.75) is 20.3 Å². The van der Waals surface area contributed by atoms with Gasteiger partial charge in [-0.1, -0.05) is 49.1 Å². The maximum Gasteiger partial charge on any atom is 0.266 e. The molecule has 1 fully saturated rings. The number of benzene rings is 2. The number of hydrogen-bond donors (Lipinski definition) is 0. The molecule has 1 aliphatic heterocycles. The van der Waals surface area contributed by atoms with Gasteiger partial charge in [-0.15, -0.1) is 0 Å². The molecule has 3 aromatic rings. The van der Waals surface area contributed by atoms with Crippen LogP contribution in [0.2, 0.25) is 0 Å². The largest absolute Gasteiger partial charge is 0.497 e. The van der Waals surface area contributed by atoms with Crippen molar-refractivity contribution >= 4 is 40.3 Å². The average Bonchev–Trinajstić information content (AvgIpc) is 3.31. The van der Waals surface area contributed by atoms with Gasteiger partial charge in [0, 0.05) is 23.9 Å². The van der Waals surface area contributed by atoms with Crippen LogP contribution in [0.5, 0.6) is 5.75 Å². The lowest BCUT2D eigenvalue weighted by Gasteiger charge is -2.11. The van der Waals surface area contributed by atoms with E-state index in [2.05, 4.69) is 0 Å². The van der Waals surface area contributed by atoms with Crippen molar-refractivity contribution in [3.8, 4) is 22.7 Å². The van der Waals surface area contributed by atoms with Crippen LogP contribution >= 0.6 is 24.0 Å². The fourth-order valence-electron chi connectivity index (χ4n) is 3.50. The van der Waals surface area contributed by atoms with Gasteiger partial charge in [-0.05, 0) is 55.3 Å². The third kappa shape index (κ3) is 4.29. The van der Waals surface area contributed by atoms with Gasteiger partial charge in [0.05, 0.1) is 17.7 Å². The molecule has 0 radical (unpaired) electrons. The van der Waals surface area contributed by atoms with E-state index in [9.17, 15) is 4.79 Å². The highest BCUT2D eigenvalue weighted by molar-refractivity contribution is 8.26. The van der Waals surface area contributed by atoms with Crippen molar-refractivity contribution in [2.75, 3.05) is 13.7 Å². The number of methoxy groups -OCH3 is 1. The van der Waals surface area contributed by atoms with Crippen LogP contribution in [-0.2, 0) is 4.79 Å². The second-order valence-electron chi connectivity index (χ2n) is 7.23. The molecule has 2 aromatic carbocycles. The molecule has 1 amide bonds. The summed E-state index contributed by atoms with van der Waals surface area (Å²) in [6.07, 6.45) is 4.73. The van der Waals surface area contributed by atoms with Crippen molar-refractivity contribution in [3.05, 3.63) is 70.8 Å².